The van der Waals surface area contributed by atoms with E-state index in [4.69, 9.17) is 4.74 Å². The van der Waals surface area contributed by atoms with Crippen molar-refractivity contribution in [1.82, 2.24) is 10.6 Å². The van der Waals surface area contributed by atoms with Crippen LogP contribution in [0.5, 0.6) is 5.75 Å². The van der Waals surface area contributed by atoms with Gasteiger partial charge in [-0.25, -0.2) is 0 Å². The van der Waals surface area contributed by atoms with E-state index in [9.17, 15) is 0 Å². The van der Waals surface area contributed by atoms with Crippen molar-refractivity contribution in [2.75, 3.05) is 45.2 Å². The van der Waals surface area contributed by atoms with Crippen LogP contribution < -0.4 is 20.3 Å². The van der Waals surface area contributed by atoms with E-state index in [1.165, 1.54) is 17.0 Å². The highest BCUT2D eigenvalue weighted by atomic mass is 32.1. The van der Waals surface area contributed by atoms with Crippen LogP contribution in [0, 0.1) is 5.92 Å². The molecule has 0 aliphatic carbocycles. The van der Waals surface area contributed by atoms with Gasteiger partial charge in [0.25, 0.3) is 0 Å². The number of nitrogens with zero attached hydrogens (tertiary/aromatic N) is 2. The molecule has 152 valence electrons. The first kappa shape index (κ1) is 20.5. The average Bonchev–Trinajstić information content (AvgIpc) is 3.41. The van der Waals surface area contributed by atoms with Crippen molar-refractivity contribution in [3.8, 4) is 5.75 Å². The van der Waals surface area contributed by atoms with Gasteiger partial charge in [-0.2, -0.15) is 0 Å². The van der Waals surface area contributed by atoms with Crippen LogP contribution in [0.2, 0.25) is 0 Å². The summed E-state index contributed by atoms with van der Waals surface area (Å²) < 4.78 is 5.35. The average molecular weight is 401 g/mol. The molecule has 2 aromatic rings. The normalized spacial score (nSPS) is 17.6. The predicted molar refractivity (Wildman–Crippen MR) is 120 cm³/mol. The summed E-state index contributed by atoms with van der Waals surface area (Å²) >= 11 is 1.81. The molecular formula is C22H32N4OS. The third-order valence-corrected chi connectivity index (χ3v) is 6.61. The van der Waals surface area contributed by atoms with E-state index in [2.05, 4.69) is 70.1 Å². The molecule has 5 nitrogen and oxygen atoms in total. The lowest BCUT2D eigenvalue weighted by Crippen LogP contribution is -2.44. The van der Waals surface area contributed by atoms with Crippen LogP contribution in [0.3, 0.4) is 0 Å². The molecule has 0 bridgehead atoms. The zero-order valence-electron chi connectivity index (χ0n) is 17.4. The molecule has 1 aliphatic heterocycles. The molecule has 0 saturated carbocycles. The monoisotopic (exact) mass is 400 g/mol. The van der Waals surface area contributed by atoms with Gasteiger partial charge in [0.2, 0.25) is 0 Å². The fourth-order valence-corrected chi connectivity index (χ4v) is 4.41. The molecule has 28 heavy (non-hydrogen) atoms. The highest BCUT2D eigenvalue weighted by molar-refractivity contribution is 7.10. The minimum Gasteiger partial charge on any atom is -0.497 e. The molecule has 6 heteroatoms. The molecular weight excluding hydrogens is 368 g/mol. The number of hydrogen-bond donors (Lipinski definition) is 2. The maximum Gasteiger partial charge on any atom is 0.191 e. The van der Waals surface area contributed by atoms with Gasteiger partial charge in [-0.15, -0.1) is 11.3 Å². The Morgan fingerprint density at radius 3 is 2.86 bits per heavy atom. The van der Waals surface area contributed by atoms with Crippen LogP contribution in [0.25, 0.3) is 0 Å². The molecule has 0 spiro atoms. The lowest BCUT2D eigenvalue weighted by Gasteiger charge is -2.25. The van der Waals surface area contributed by atoms with E-state index >= 15 is 0 Å². The molecule has 0 radical (unpaired) electrons. The van der Waals surface area contributed by atoms with Gasteiger partial charge < -0.3 is 20.3 Å². The Balaban J connectivity index is 1.47. The van der Waals surface area contributed by atoms with Crippen molar-refractivity contribution in [2.24, 2.45) is 10.9 Å². The maximum atomic E-state index is 5.35. The van der Waals surface area contributed by atoms with Gasteiger partial charge in [-0.05, 0) is 35.9 Å². The van der Waals surface area contributed by atoms with Crippen LogP contribution >= 0.6 is 11.3 Å². The summed E-state index contributed by atoms with van der Waals surface area (Å²) in [5.41, 5.74) is 1.32. The van der Waals surface area contributed by atoms with Crippen molar-refractivity contribution >= 4 is 23.0 Å². The summed E-state index contributed by atoms with van der Waals surface area (Å²) in [6.07, 6.45) is 1.18. The second kappa shape index (κ2) is 9.32. The second-order valence-electron chi connectivity index (χ2n) is 7.97. The van der Waals surface area contributed by atoms with Crippen LogP contribution in [0.15, 0.2) is 46.8 Å². The van der Waals surface area contributed by atoms with E-state index in [1.54, 1.807) is 7.11 Å². The number of methoxy groups -OCH3 is 1. The Morgan fingerprint density at radius 1 is 1.29 bits per heavy atom. The van der Waals surface area contributed by atoms with Gasteiger partial charge in [-0.3, -0.25) is 4.99 Å². The van der Waals surface area contributed by atoms with Crippen LogP contribution in [0.1, 0.15) is 25.1 Å². The second-order valence-corrected chi connectivity index (χ2v) is 8.92. The topological polar surface area (TPSA) is 48.9 Å². The summed E-state index contributed by atoms with van der Waals surface area (Å²) in [5, 5.41) is 9.15. The molecule has 1 aromatic heterocycles. The molecule has 1 atom stereocenters. The van der Waals surface area contributed by atoms with E-state index < -0.39 is 0 Å². The number of thiophene rings is 1. The zero-order chi connectivity index (χ0) is 20.0. The van der Waals surface area contributed by atoms with Gasteiger partial charge in [-0.1, -0.05) is 26.0 Å². The Hall–Kier alpha value is -2.21. The molecule has 2 heterocycles. The molecule has 1 aromatic carbocycles. The van der Waals surface area contributed by atoms with E-state index in [1.807, 2.05) is 24.5 Å². The number of aliphatic imine (C=N–C) groups is 1. The highest BCUT2D eigenvalue weighted by Crippen LogP contribution is 2.27. The maximum absolute atomic E-state index is 5.35. The third kappa shape index (κ3) is 5.19. The highest BCUT2D eigenvalue weighted by Gasteiger charge is 2.24. The van der Waals surface area contributed by atoms with Gasteiger partial charge in [0.1, 0.15) is 5.75 Å². The zero-order valence-corrected chi connectivity index (χ0v) is 18.2. The van der Waals surface area contributed by atoms with Gasteiger partial charge >= 0.3 is 0 Å². The first-order chi connectivity index (χ1) is 13.5. The first-order valence-corrected chi connectivity index (χ1v) is 10.8. The van der Waals surface area contributed by atoms with Gasteiger partial charge in [0, 0.05) is 55.3 Å². The number of ether oxygens (including phenoxy) is 1. The fraction of sp³-hybridized carbons (Fsp3) is 0.500. The quantitative estimate of drug-likeness (QED) is 0.549. The molecule has 1 aliphatic rings. The molecule has 1 fully saturated rings. The lowest BCUT2D eigenvalue weighted by atomic mass is 9.91. The van der Waals surface area contributed by atoms with Crippen LogP contribution in [-0.2, 0) is 5.41 Å². The standard InChI is InChI=1S/C22H32N4OS/c1-22(2,20-9-6-12-28-20)16-25-21(23-3)24-14-17-10-11-26(15-17)18-7-5-8-19(13-18)27-4/h5-9,12-13,17H,10-11,14-16H2,1-4H3,(H2,23,24,25). The van der Waals surface area contributed by atoms with E-state index in [-0.39, 0.29) is 5.41 Å². The number of hydrogen-bond acceptors (Lipinski definition) is 4. The largest absolute Gasteiger partial charge is 0.497 e. The molecule has 1 unspecified atom stereocenters. The van der Waals surface area contributed by atoms with E-state index in [0.717, 1.165) is 37.9 Å². The number of guanidine groups is 1. The van der Waals surface area contributed by atoms with Crippen molar-refractivity contribution in [3.05, 3.63) is 46.7 Å². The number of rotatable bonds is 7. The minimum atomic E-state index is 0.0856. The molecule has 0 amide bonds. The summed E-state index contributed by atoms with van der Waals surface area (Å²) in [6, 6.07) is 12.6. The minimum absolute atomic E-state index is 0.0856. The molecule has 2 N–H and O–H groups in total. The van der Waals surface area contributed by atoms with Crippen LogP contribution in [0.4, 0.5) is 5.69 Å². The Morgan fingerprint density at radius 2 is 2.14 bits per heavy atom. The third-order valence-electron chi connectivity index (χ3n) is 5.37. The smallest absolute Gasteiger partial charge is 0.191 e. The first-order valence-electron chi connectivity index (χ1n) is 9.89. The summed E-state index contributed by atoms with van der Waals surface area (Å²) in [6.45, 7) is 8.45. The Kier molecular flexibility index (Phi) is 6.83. The summed E-state index contributed by atoms with van der Waals surface area (Å²) in [4.78, 5) is 8.23. The summed E-state index contributed by atoms with van der Waals surface area (Å²) in [5.74, 6) is 2.40. The molecule has 1 saturated heterocycles. The van der Waals surface area contributed by atoms with Crippen molar-refractivity contribution in [3.63, 3.8) is 0 Å². The predicted octanol–water partition coefficient (Wildman–Crippen LogP) is 3.73. The van der Waals surface area contributed by atoms with Gasteiger partial charge in [0.15, 0.2) is 5.96 Å². The Bertz CT molecular complexity index is 773. The van der Waals surface area contributed by atoms with Crippen molar-refractivity contribution in [2.45, 2.75) is 25.7 Å². The SMILES string of the molecule is CN=C(NCC1CCN(c2cccc(OC)c2)C1)NCC(C)(C)c1cccs1. The lowest BCUT2D eigenvalue weighted by molar-refractivity contribution is 0.415. The van der Waals surface area contributed by atoms with Gasteiger partial charge in [0.05, 0.1) is 7.11 Å². The number of nitrogens with one attached hydrogen (secondary N) is 2. The fourth-order valence-electron chi connectivity index (χ4n) is 3.56. The number of anilines is 1. The number of benzene rings is 1. The summed E-state index contributed by atoms with van der Waals surface area (Å²) in [7, 11) is 3.55. The molecule has 3 rings (SSSR count). The van der Waals surface area contributed by atoms with E-state index in [0.29, 0.717) is 5.92 Å². The van der Waals surface area contributed by atoms with Crippen molar-refractivity contribution < 1.29 is 4.74 Å². The van der Waals surface area contributed by atoms with Crippen molar-refractivity contribution in [1.29, 1.82) is 0 Å². The van der Waals surface area contributed by atoms with Crippen LogP contribution in [-0.4, -0.2) is 46.3 Å². The Labute approximate surface area is 172 Å².